The van der Waals surface area contributed by atoms with E-state index in [1.54, 1.807) is 0 Å². The van der Waals surface area contributed by atoms with Crippen LogP contribution in [0.4, 0.5) is 5.69 Å². The molecule has 1 aliphatic heterocycles. The molecule has 1 amide bonds. The third-order valence-corrected chi connectivity index (χ3v) is 4.77. The molecule has 0 aliphatic carbocycles. The Bertz CT molecular complexity index is 755. The number of para-hydroxylation sites is 1. The standard InChI is InChI=1S/C22H29N5O/c1-2-23-22(24-17-19-9-5-3-6-10-19)25-18-21(28)27-15-13-26(14-16-27)20-11-7-4-8-12-20/h3-12H,2,13-18H2,1H3,(H2,23,24,25). The Labute approximate surface area is 167 Å². The van der Waals surface area contributed by atoms with Gasteiger partial charge in [0.2, 0.25) is 5.91 Å². The highest BCUT2D eigenvalue weighted by Crippen LogP contribution is 2.15. The van der Waals surface area contributed by atoms with E-state index in [-0.39, 0.29) is 12.5 Å². The number of benzene rings is 2. The van der Waals surface area contributed by atoms with E-state index in [4.69, 9.17) is 0 Å². The topological polar surface area (TPSA) is 60.0 Å². The first kappa shape index (κ1) is 19.7. The van der Waals surface area contributed by atoms with E-state index in [2.05, 4.69) is 32.7 Å². The van der Waals surface area contributed by atoms with Gasteiger partial charge in [-0.3, -0.25) is 4.79 Å². The van der Waals surface area contributed by atoms with Gasteiger partial charge in [0, 0.05) is 38.4 Å². The minimum atomic E-state index is 0.109. The zero-order valence-corrected chi connectivity index (χ0v) is 16.5. The Morgan fingerprint density at radius 3 is 2.21 bits per heavy atom. The largest absolute Gasteiger partial charge is 0.368 e. The monoisotopic (exact) mass is 379 g/mol. The summed E-state index contributed by atoms with van der Waals surface area (Å²) >= 11 is 0. The summed E-state index contributed by atoms with van der Waals surface area (Å²) in [6, 6.07) is 20.4. The first-order valence-electron chi connectivity index (χ1n) is 9.90. The first-order chi connectivity index (χ1) is 13.8. The predicted octanol–water partition coefficient (Wildman–Crippen LogP) is 2.09. The van der Waals surface area contributed by atoms with Crippen LogP contribution in [0, 0.1) is 0 Å². The van der Waals surface area contributed by atoms with Crippen LogP contribution in [-0.2, 0) is 11.3 Å². The molecule has 1 aliphatic rings. The molecule has 0 atom stereocenters. The molecule has 1 fully saturated rings. The maximum Gasteiger partial charge on any atom is 0.242 e. The molecular formula is C22H29N5O. The molecule has 1 heterocycles. The highest BCUT2D eigenvalue weighted by molar-refractivity contribution is 5.86. The molecule has 2 aromatic carbocycles. The normalized spacial score (nSPS) is 14.7. The number of hydrogen-bond acceptors (Lipinski definition) is 3. The lowest BCUT2D eigenvalue weighted by atomic mass is 10.2. The summed E-state index contributed by atoms with van der Waals surface area (Å²) in [4.78, 5) is 21.4. The summed E-state index contributed by atoms with van der Waals surface area (Å²) in [5.41, 5.74) is 2.36. The van der Waals surface area contributed by atoms with Gasteiger partial charge in [0.25, 0.3) is 0 Å². The second-order valence-electron chi connectivity index (χ2n) is 6.74. The highest BCUT2D eigenvalue weighted by Gasteiger charge is 2.21. The Morgan fingerprint density at radius 2 is 1.57 bits per heavy atom. The minimum Gasteiger partial charge on any atom is -0.368 e. The lowest BCUT2D eigenvalue weighted by Gasteiger charge is -2.36. The van der Waals surface area contributed by atoms with Gasteiger partial charge in [-0.25, -0.2) is 4.99 Å². The Kier molecular flexibility index (Phi) is 7.29. The average molecular weight is 380 g/mol. The van der Waals surface area contributed by atoms with E-state index < -0.39 is 0 Å². The van der Waals surface area contributed by atoms with Crippen molar-refractivity contribution in [3.8, 4) is 0 Å². The lowest BCUT2D eigenvalue weighted by Crippen LogP contribution is -2.52. The van der Waals surface area contributed by atoms with Crippen LogP contribution in [0.5, 0.6) is 0 Å². The van der Waals surface area contributed by atoms with Crippen molar-refractivity contribution in [2.75, 3.05) is 44.2 Å². The van der Waals surface area contributed by atoms with Crippen LogP contribution in [0.1, 0.15) is 12.5 Å². The maximum absolute atomic E-state index is 12.6. The van der Waals surface area contributed by atoms with Gasteiger partial charge in [0.15, 0.2) is 5.96 Å². The fourth-order valence-corrected chi connectivity index (χ4v) is 3.22. The number of aliphatic imine (C=N–C) groups is 1. The SMILES string of the molecule is CCNC(=NCc1ccccc1)NCC(=O)N1CCN(c2ccccc2)CC1. The summed E-state index contributed by atoms with van der Waals surface area (Å²) in [5.74, 6) is 0.778. The third kappa shape index (κ3) is 5.74. The molecule has 6 nitrogen and oxygen atoms in total. The van der Waals surface area contributed by atoms with Gasteiger partial charge in [0.1, 0.15) is 0 Å². The van der Waals surface area contributed by atoms with E-state index in [1.807, 2.05) is 60.4 Å². The molecule has 2 N–H and O–H groups in total. The molecule has 0 radical (unpaired) electrons. The summed E-state index contributed by atoms with van der Waals surface area (Å²) in [6.45, 7) is 6.82. The number of amides is 1. The van der Waals surface area contributed by atoms with Gasteiger partial charge in [-0.15, -0.1) is 0 Å². The number of carbonyl (C=O) groups is 1. The van der Waals surface area contributed by atoms with Crippen LogP contribution < -0.4 is 15.5 Å². The van der Waals surface area contributed by atoms with Crippen molar-refractivity contribution in [2.24, 2.45) is 4.99 Å². The molecule has 2 aromatic rings. The zero-order valence-electron chi connectivity index (χ0n) is 16.5. The second kappa shape index (κ2) is 10.3. The fraction of sp³-hybridized carbons (Fsp3) is 0.364. The minimum absolute atomic E-state index is 0.109. The van der Waals surface area contributed by atoms with Gasteiger partial charge in [0.05, 0.1) is 13.1 Å². The van der Waals surface area contributed by atoms with Crippen LogP contribution in [0.15, 0.2) is 65.7 Å². The van der Waals surface area contributed by atoms with E-state index >= 15 is 0 Å². The molecule has 0 bridgehead atoms. The number of nitrogens with zero attached hydrogens (tertiary/aromatic N) is 3. The average Bonchev–Trinajstić information content (AvgIpc) is 2.77. The van der Waals surface area contributed by atoms with Gasteiger partial charge in [-0.05, 0) is 24.6 Å². The molecule has 28 heavy (non-hydrogen) atoms. The molecule has 0 unspecified atom stereocenters. The quantitative estimate of drug-likeness (QED) is 0.596. The van der Waals surface area contributed by atoms with E-state index in [0.717, 1.165) is 38.3 Å². The highest BCUT2D eigenvalue weighted by atomic mass is 16.2. The number of guanidine groups is 1. The summed E-state index contributed by atoms with van der Waals surface area (Å²) in [7, 11) is 0. The lowest BCUT2D eigenvalue weighted by molar-refractivity contribution is -0.130. The molecule has 0 spiro atoms. The van der Waals surface area contributed by atoms with Crippen LogP contribution in [0.25, 0.3) is 0 Å². The summed E-state index contributed by atoms with van der Waals surface area (Å²) < 4.78 is 0. The predicted molar refractivity (Wildman–Crippen MR) is 114 cm³/mol. The molecular weight excluding hydrogens is 350 g/mol. The van der Waals surface area contributed by atoms with Crippen LogP contribution in [0.3, 0.4) is 0 Å². The Morgan fingerprint density at radius 1 is 0.929 bits per heavy atom. The Balaban J connectivity index is 1.47. The van der Waals surface area contributed by atoms with Crippen LogP contribution in [-0.4, -0.2) is 56.0 Å². The molecule has 1 saturated heterocycles. The maximum atomic E-state index is 12.6. The number of rotatable bonds is 6. The van der Waals surface area contributed by atoms with E-state index in [0.29, 0.717) is 12.5 Å². The van der Waals surface area contributed by atoms with Gasteiger partial charge >= 0.3 is 0 Å². The zero-order chi connectivity index (χ0) is 19.6. The number of nitrogens with one attached hydrogen (secondary N) is 2. The van der Waals surface area contributed by atoms with Crippen molar-refractivity contribution < 1.29 is 4.79 Å². The van der Waals surface area contributed by atoms with Crippen molar-refractivity contribution in [3.63, 3.8) is 0 Å². The number of anilines is 1. The van der Waals surface area contributed by atoms with E-state index in [9.17, 15) is 4.79 Å². The second-order valence-corrected chi connectivity index (χ2v) is 6.74. The Hall–Kier alpha value is -3.02. The van der Waals surface area contributed by atoms with Gasteiger partial charge < -0.3 is 20.4 Å². The molecule has 3 rings (SSSR count). The van der Waals surface area contributed by atoms with Crippen molar-refractivity contribution in [1.29, 1.82) is 0 Å². The molecule has 0 aromatic heterocycles. The van der Waals surface area contributed by atoms with Gasteiger partial charge in [-0.1, -0.05) is 48.5 Å². The van der Waals surface area contributed by atoms with Crippen molar-refractivity contribution in [1.82, 2.24) is 15.5 Å². The molecule has 6 heteroatoms. The first-order valence-corrected chi connectivity index (χ1v) is 9.90. The van der Waals surface area contributed by atoms with Gasteiger partial charge in [-0.2, -0.15) is 0 Å². The number of piperazine rings is 1. The molecule has 148 valence electrons. The summed E-state index contributed by atoms with van der Waals surface area (Å²) in [5, 5.41) is 6.36. The number of hydrogen-bond donors (Lipinski definition) is 2. The van der Waals surface area contributed by atoms with E-state index in [1.165, 1.54) is 5.69 Å². The molecule has 0 saturated carbocycles. The van der Waals surface area contributed by atoms with Crippen LogP contribution in [0.2, 0.25) is 0 Å². The third-order valence-electron chi connectivity index (χ3n) is 4.77. The van der Waals surface area contributed by atoms with Crippen LogP contribution >= 0.6 is 0 Å². The number of carbonyl (C=O) groups excluding carboxylic acids is 1. The van der Waals surface area contributed by atoms with Crippen molar-refractivity contribution in [2.45, 2.75) is 13.5 Å². The smallest absolute Gasteiger partial charge is 0.242 e. The van der Waals surface area contributed by atoms with Crippen molar-refractivity contribution >= 4 is 17.6 Å². The van der Waals surface area contributed by atoms with Crippen molar-refractivity contribution in [3.05, 3.63) is 66.2 Å². The summed E-state index contributed by atoms with van der Waals surface area (Å²) in [6.07, 6.45) is 0. The fourth-order valence-electron chi connectivity index (χ4n) is 3.22.